The van der Waals surface area contributed by atoms with Crippen LogP contribution in [0.3, 0.4) is 0 Å². The summed E-state index contributed by atoms with van der Waals surface area (Å²) in [6.07, 6.45) is 0. The Morgan fingerprint density at radius 3 is 2.16 bits per heavy atom. The number of nitrogens with zero attached hydrogens (tertiary/aromatic N) is 1. The van der Waals surface area contributed by atoms with E-state index in [-0.39, 0.29) is 16.8 Å². The molecule has 3 aromatic carbocycles. The molecule has 0 heterocycles. The number of benzene rings is 3. The lowest BCUT2D eigenvalue weighted by atomic mass is 10.00. The van der Waals surface area contributed by atoms with Gasteiger partial charge in [0.15, 0.2) is 0 Å². The minimum absolute atomic E-state index is 0.180. The topological polar surface area (TPSA) is 66.5 Å². The average molecular weight is 437 g/mol. The van der Waals surface area contributed by atoms with E-state index in [4.69, 9.17) is 0 Å². The summed E-state index contributed by atoms with van der Waals surface area (Å²) in [7, 11) is -2.34. The second-order valence-corrected chi connectivity index (χ2v) is 9.83. The molecule has 0 aliphatic heterocycles. The largest absolute Gasteiger partial charge is 0.345 e. The summed E-state index contributed by atoms with van der Waals surface area (Å²) in [5.74, 6) is -0.325. The molecule has 1 atom stereocenters. The first-order chi connectivity index (χ1) is 14.6. The van der Waals surface area contributed by atoms with Gasteiger partial charge in [0.1, 0.15) is 0 Å². The number of carbonyl (C=O) groups excluding carboxylic acids is 1. The second kappa shape index (κ2) is 8.94. The molecule has 3 aromatic rings. The summed E-state index contributed by atoms with van der Waals surface area (Å²) in [6, 6.07) is 19.3. The molecule has 31 heavy (non-hydrogen) atoms. The number of amides is 1. The highest BCUT2D eigenvalue weighted by Crippen LogP contribution is 2.27. The molecule has 5 nitrogen and oxygen atoms in total. The van der Waals surface area contributed by atoms with Crippen molar-refractivity contribution >= 4 is 21.6 Å². The number of sulfonamides is 1. The van der Waals surface area contributed by atoms with E-state index in [0.29, 0.717) is 11.3 Å². The van der Waals surface area contributed by atoms with E-state index in [2.05, 4.69) is 11.4 Å². The quantitative estimate of drug-likeness (QED) is 0.596. The third-order valence-corrected chi connectivity index (χ3v) is 7.19. The fourth-order valence-electron chi connectivity index (χ4n) is 3.60. The highest BCUT2D eigenvalue weighted by atomic mass is 32.2. The molecule has 0 fully saturated rings. The molecule has 1 N–H and O–H groups in total. The third-order valence-electron chi connectivity index (χ3n) is 5.41. The standard InChI is InChI=1S/C25H28N2O3S/c1-17-10-13-21(14-11-17)31(29,30)27(5)24-9-7-6-8-23(24)25(28)26-20(4)22-15-12-18(2)16-19(22)3/h6-16,20H,1-5H3,(H,26,28)/t20-/m1/s1. The fourth-order valence-corrected chi connectivity index (χ4v) is 4.82. The van der Waals surface area contributed by atoms with Crippen molar-refractivity contribution in [3.05, 3.63) is 94.5 Å². The number of para-hydroxylation sites is 1. The van der Waals surface area contributed by atoms with Gasteiger partial charge in [-0.2, -0.15) is 0 Å². The SMILES string of the molecule is Cc1ccc(S(=O)(=O)N(C)c2ccccc2C(=O)N[C@H](C)c2ccc(C)cc2C)cc1. The van der Waals surface area contributed by atoms with Crippen LogP contribution in [0.5, 0.6) is 0 Å². The summed E-state index contributed by atoms with van der Waals surface area (Å²) >= 11 is 0. The minimum atomic E-state index is -3.80. The Hall–Kier alpha value is -3.12. The van der Waals surface area contributed by atoms with Crippen molar-refractivity contribution in [3.8, 4) is 0 Å². The summed E-state index contributed by atoms with van der Waals surface area (Å²) in [5.41, 5.74) is 4.89. The van der Waals surface area contributed by atoms with Crippen molar-refractivity contribution < 1.29 is 13.2 Å². The first-order valence-electron chi connectivity index (χ1n) is 10.1. The maximum absolute atomic E-state index is 13.1. The lowest BCUT2D eigenvalue weighted by Gasteiger charge is -2.23. The van der Waals surface area contributed by atoms with Gasteiger partial charge in [-0.05, 0) is 63.1 Å². The van der Waals surface area contributed by atoms with E-state index in [1.54, 1.807) is 48.5 Å². The van der Waals surface area contributed by atoms with Gasteiger partial charge in [0.25, 0.3) is 15.9 Å². The molecule has 162 valence electrons. The molecule has 6 heteroatoms. The Bertz CT molecular complexity index is 1200. The maximum Gasteiger partial charge on any atom is 0.264 e. The van der Waals surface area contributed by atoms with Crippen LogP contribution >= 0.6 is 0 Å². The molecule has 0 bridgehead atoms. The molecule has 3 rings (SSSR count). The molecule has 0 aliphatic rings. The summed E-state index contributed by atoms with van der Waals surface area (Å²) in [5, 5.41) is 3.01. The van der Waals surface area contributed by atoms with Crippen LogP contribution in [0.1, 0.15) is 45.6 Å². The number of anilines is 1. The van der Waals surface area contributed by atoms with E-state index < -0.39 is 10.0 Å². The number of hydrogen-bond donors (Lipinski definition) is 1. The van der Waals surface area contributed by atoms with Crippen molar-refractivity contribution in [1.82, 2.24) is 5.32 Å². The smallest absolute Gasteiger partial charge is 0.264 e. The highest BCUT2D eigenvalue weighted by Gasteiger charge is 2.25. The predicted molar refractivity (Wildman–Crippen MR) is 125 cm³/mol. The van der Waals surface area contributed by atoms with E-state index in [0.717, 1.165) is 26.6 Å². The van der Waals surface area contributed by atoms with Gasteiger partial charge in [-0.3, -0.25) is 9.10 Å². The van der Waals surface area contributed by atoms with Crippen molar-refractivity contribution in [3.63, 3.8) is 0 Å². The molecular formula is C25H28N2O3S. The zero-order valence-electron chi connectivity index (χ0n) is 18.5. The number of carbonyl (C=O) groups is 1. The van der Waals surface area contributed by atoms with E-state index in [1.807, 2.05) is 39.8 Å². The normalized spacial score (nSPS) is 12.3. The Labute approximate surface area is 184 Å². The maximum atomic E-state index is 13.1. The summed E-state index contributed by atoms with van der Waals surface area (Å²) in [4.78, 5) is 13.3. The van der Waals surface area contributed by atoms with Crippen molar-refractivity contribution in [1.29, 1.82) is 0 Å². The lowest BCUT2D eigenvalue weighted by molar-refractivity contribution is 0.0940. The van der Waals surface area contributed by atoms with Crippen LogP contribution in [-0.4, -0.2) is 21.4 Å². The van der Waals surface area contributed by atoms with Crippen LogP contribution in [-0.2, 0) is 10.0 Å². The fraction of sp³-hybridized carbons (Fsp3) is 0.240. The molecule has 0 saturated heterocycles. The summed E-state index contributed by atoms with van der Waals surface area (Å²) < 4.78 is 27.4. The van der Waals surface area contributed by atoms with Gasteiger partial charge in [-0.15, -0.1) is 0 Å². The van der Waals surface area contributed by atoms with Crippen molar-refractivity contribution in [2.75, 3.05) is 11.4 Å². The Kier molecular flexibility index (Phi) is 6.51. The van der Waals surface area contributed by atoms with Crippen LogP contribution in [0.2, 0.25) is 0 Å². The van der Waals surface area contributed by atoms with Gasteiger partial charge in [0.2, 0.25) is 0 Å². The Morgan fingerprint density at radius 1 is 0.903 bits per heavy atom. The van der Waals surface area contributed by atoms with Gasteiger partial charge in [0.05, 0.1) is 22.2 Å². The first kappa shape index (κ1) is 22.6. The molecule has 0 aromatic heterocycles. The van der Waals surface area contributed by atoms with E-state index in [9.17, 15) is 13.2 Å². The molecule has 0 unspecified atom stereocenters. The van der Waals surface area contributed by atoms with Crippen LogP contribution in [0, 0.1) is 20.8 Å². The van der Waals surface area contributed by atoms with E-state index >= 15 is 0 Å². The first-order valence-corrected chi connectivity index (χ1v) is 11.6. The monoisotopic (exact) mass is 436 g/mol. The van der Waals surface area contributed by atoms with Crippen molar-refractivity contribution in [2.45, 2.75) is 38.6 Å². The average Bonchev–Trinajstić information content (AvgIpc) is 2.73. The Morgan fingerprint density at radius 2 is 1.52 bits per heavy atom. The molecule has 1 amide bonds. The summed E-state index contributed by atoms with van der Waals surface area (Å²) in [6.45, 7) is 7.86. The molecule has 0 radical (unpaired) electrons. The number of nitrogens with one attached hydrogen (secondary N) is 1. The van der Waals surface area contributed by atoms with Crippen LogP contribution in [0.4, 0.5) is 5.69 Å². The van der Waals surface area contributed by atoms with Gasteiger partial charge in [-0.25, -0.2) is 8.42 Å². The second-order valence-electron chi connectivity index (χ2n) is 7.86. The predicted octanol–water partition coefficient (Wildman–Crippen LogP) is 4.93. The third kappa shape index (κ3) is 4.80. The zero-order valence-corrected chi connectivity index (χ0v) is 19.3. The number of aryl methyl sites for hydroxylation is 3. The molecule has 0 saturated carbocycles. The molecular weight excluding hydrogens is 408 g/mol. The number of hydrogen-bond acceptors (Lipinski definition) is 3. The van der Waals surface area contributed by atoms with Crippen LogP contribution < -0.4 is 9.62 Å². The van der Waals surface area contributed by atoms with Gasteiger partial charge >= 0.3 is 0 Å². The van der Waals surface area contributed by atoms with Gasteiger partial charge in [0, 0.05) is 7.05 Å². The van der Waals surface area contributed by atoms with Crippen LogP contribution in [0.15, 0.2) is 71.6 Å². The highest BCUT2D eigenvalue weighted by molar-refractivity contribution is 7.92. The van der Waals surface area contributed by atoms with E-state index in [1.165, 1.54) is 7.05 Å². The van der Waals surface area contributed by atoms with Crippen LogP contribution in [0.25, 0.3) is 0 Å². The van der Waals surface area contributed by atoms with Gasteiger partial charge in [-0.1, -0.05) is 53.6 Å². The zero-order chi connectivity index (χ0) is 22.8. The van der Waals surface area contributed by atoms with Gasteiger partial charge < -0.3 is 5.32 Å². The van der Waals surface area contributed by atoms with Crippen molar-refractivity contribution in [2.24, 2.45) is 0 Å². The Balaban J connectivity index is 1.90. The lowest BCUT2D eigenvalue weighted by Crippen LogP contribution is -2.32. The number of rotatable bonds is 6. The minimum Gasteiger partial charge on any atom is -0.345 e. The molecule has 0 aliphatic carbocycles. The molecule has 0 spiro atoms.